The largest absolute Gasteiger partial charge is 0.492 e. The monoisotopic (exact) mass is 302 g/mol. The summed E-state index contributed by atoms with van der Waals surface area (Å²) in [5, 5.41) is 21.8. The van der Waals surface area contributed by atoms with Gasteiger partial charge in [-0.1, -0.05) is 0 Å². The van der Waals surface area contributed by atoms with E-state index in [9.17, 15) is 14.8 Å². The van der Waals surface area contributed by atoms with Crippen molar-refractivity contribution in [1.82, 2.24) is 20.3 Å². The van der Waals surface area contributed by atoms with Crippen LogP contribution in [0.25, 0.3) is 11.0 Å². The number of hydrogen-bond donors (Lipinski definition) is 6. The van der Waals surface area contributed by atoms with Gasteiger partial charge in [0.1, 0.15) is 11.0 Å². The molecule has 0 aliphatic carbocycles. The Labute approximate surface area is 113 Å². The zero-order chi connectivity index (χ0) is 14.8. The van der Waals surface area contributed by atoms with Crippen LogP contribution in [-0.2, 0) is 11.1 Å². The first-order valence-electron chi connectivity index (χ1n) is 5.88. The fourth-order valence-electron chi connectivity index (χ4n) is 1.80. The Hall–Kier alpha value is -1.67. The van der Waals surface area contributed by atoms with E-state index < -0.39 is 13.6 Å². The lowest BCUT2D eigenvalue weighted by Gasteiger charge is -2.05. The molecule has 2 heterocycles. The van der Waals surface area contributed by atoms with Gasteiger partial charge < -0.3 is 30.3 Å². The van der Waals surface area contributed by atoms with Crippen molar-refractivity contribution in [2.45, 2.75) is 13.0 Å². The molecule has 110 valence electrons. The highest BCUT2D eigenvalue weighted by atomic mass is 31.2. The van der Waals surface area contributed by atoms with Crippen molar-refractivity contribution >= 4 is 18.6 Å². The number of hydrogen-bond acceptors (Lipinski definition) is 6. The van der Waals surface area contributed by atoms with E-state index in [0.717, 1.165) is 0 Å². The van der Waals surface area contributed by atoms with Crippen LogP contribution in [0.15, 0.2) is 6.20 Å². The topological polar surface area (TPSA) is 152 Å². The van der Waals surface area contributed by atoms with Crippen molar-refractivity contribution < 1.29 is 24.6 Å². The Kier molecular flexibility index (Phi) is 4.24. The molecule has 2 aromatic rings. The second-order valence-corrected chi connectivity index (χ2v) is 6.08. The molecule has 0 aliphatic heterocycles. The van der Waals surface area contributed by atoms with Crippen molar-refractivity contribution in [2.24, 2.45) is 0 Å². The van der Waals surface area contributed by atoms with E-state index in [1.807, 2.05) is 0 Å². The van der Waals surface area contributed by atoms with E-state index >= 15 is 0 Å². The average Bonchev–Trinajstić information content (AvgIpc) is 2.70. The van der Waals surface area contributed by atoms with Gasteiger partial charge in [0, 0.05) is 18.3 Å². The van der Waals surface area contributed by atoms with Gasteiger partial charge in [0.25, 0.3) is 0 Å². The predicted octanol–water partition coefficient (Wildman–Crippen LogP) is 0.0265. The van der Waals surface area contributed by atoms with E-state index in [0.29, 0.717) is 36.1 Å². The van der Waals surface area contributed by atoms with Crippen LogP contribution in [0.5, 0.6) is 11.9 Å². The van der Waals surface area contributed by atoms with Gasteiger partial charge in [-0.25, -0.2) is 0 Å². The van der Waals surface area contributed by atoms with Crippen LogP contribution in [0.1, 0.15) is 12.0 Å². The Morgan fingerprint density at radius 3 is 2.75 bits per heavy atom. The quantitative estimate of drug-likeness (QED) is 0.323. The Morgan fingerprint density at radius 1 is 1.30 bits per heavy atom. The Morgan fingerprint density at radius 2 is 2.05 bits per heavy atom. The van der Waals surface area contributed by atoms with Gasteiger partial charge in [-0.3, -0.25) is 4.57 Å². The third kappa shape index (κ3) is 3.67. The first-order chi connectivity index (χ1) is 9.37. The first-order valence-corrected chi connectivity index (χ1v) is 7.68. The van der Waals surface area contributed by atoms with Crippen LogP contribution in [-0.4, -0.2) is 47.7 Å². The molecule has 0 aliphatic rings. The van der Waals surface area contributed by atoms with Gasteiger partial charge in [0.15, 0.2) is 0 Å². The summed E-state index contributed by atoms with van der Waals surface area (Å²) < 4.78 is 10.7. The number of H-pyrrole nitrogens is 1. The maximum Gasteiger partial charge on any atom is 0.325 e. The van der Waals surface area contributed by atoms with Crippen LogP contribution < -0.4 is 5.32 Å². The third-order valence-corrected chi connectivity index (χ3v) is 3.59. The van der Waals surface area contributed by atoms with E-state index in [1.54, 1.807) is 6.20 Å². The molecule has 2 rings (SSSR count). The predicted molar refractivity (Wildman–Crippen MR) is 70.5 cm³/mol. The van der Waals surface area contributed by atoms with Gasteiger partial charge in [0.2, 0.25) is 5.88 Å². The van der Waals surface area contributed by atoms with Gasteiger partial charge in [-0.05, 0) is 13.0 Å². The van der Waals surface area contributed by atoms with Gasteiger partial charge in [-0.15, -0.1) is 0 Å². The van der Waals surface area contributed by atoms with Crippen LogP contribution in [0, 0.1) is 0 Å². The van der Waals surface area contributed by atoms with E-state index in [-0.39, 0.29) is 12.0 Å². The summed E-state index contributed by atoms with van der Waals surface area (Å²) in [4.78, 5) is 27.5. The zero-order valence-electron chi connectivity index (χ0n) is 10.4. The van der Waals surface area contributed by atoms with Crippen molar-refractivity contribution in [2.75, 3.05) is 12.7 Å². The maximum atomic E-state index is 10.7. The van der Waals surface area contributed by atoms with E-state index in [4.69, 9.17) is 9.79 Å². The molecule has 0 radical (unpaired) electrons. The van der Waals surface area contributed by atoms with Gasteiger partial charge >= 0.3 is 13.6 Å². The summed E-state index contributed by atoms with van der Waals surface area (Å²) in [6.07, 6.45) is 1.80. The number of aromatic nitrogens is 3. The van der Waals surface area contributed by atoms with E-state index in [2.05, 4.69) is 20.3 Å². The number of nitrogens with one attached hydrogen (secondary N) is 2. The summed E-state index contributed by atoms with van der Waals surface area (Å²) in [6.45, 7) is 0.817. The molecule has 0 fully saturated rings. The number of aromatic hydroxyl groups is 2. The second-order valence-electron chi connectivity index (χ2n) is 4.30. The lowest BCUT2D eigenvalue weighted by atomic mass is 10.3. The van der Waals surface area contributed by atoms with Crippen LogP contribution in [0.4, 0.5) is 0 Å². The maximum absolute atomic E-state index is 10.7. The smallest absolute Gasteiger partial charge is 0.325 e. The fourth-order valence-corrected chi connectivity index (χ4v) is 2.37. The molecule has 0 bridgehead atoms. The molecule has 20 heavy (non-hydrogen) atoms. The molecule has 0 saturated carbocycles. The molecule has 0 amide bonds. The second kappa shape index (κ2) is 5.76. The number of nitrogens with zero attached hydrogens (tertiary/aromatic N) is 2. The Bertz CT molecular complexity index is 652. The SMILES string of the molecule is O=P(O)(O)CCCNCc1c[nH]c2c(O)nc(O)nc12. The highest BCUT2D eigenvalue weighted by Crippen LogP contribution is 2.34. The first kappa shape index (κ1) is 14.7. The lowest BCUT2D eigenvalue weighted by molar-refractivity contribution is 0.371. The van der Waals surface area contributed by atoms with E-state index in [1.165, 1.54) is 0 Å². The molecule has 6 N–H and O–H groups in total. The summed E-state index contributed by atoms with van der Waals surface area (Å²) in [5.74, 6) is -0.333. The molecule has 2 aromatic heterocycles. The molecule has 9 nitrogen and oxygen atoms in total. The third-order valence-electron chi connectivity index (χ3n) is 2.69. The van der Waals surface area contributed by atoms with Crippen molar-refractivity contribution in [1.29, 1.82) is 0 Å². The summed E-state index contributed by atoms with van der Waals surface area (Å²) in [6, 6.07) is -0.516. The molecule has 0 atom stereocenters. The lowest BCUT2D eigenvalue weighted by Crippen LogP contribution is -2.15. The number of fused-ring (bicyclic) bond motifs is 1. The number of aromatic amines is 1. The molecular weight excluding hydrogens is 287 g/mol. The van der Waals surface area contributed by atoms with Crippen LogP contribution >= 0.6 is 7.60 Å². The number of rotatable bonds is 6. The summed E-state index contributed by atoms with van der Waals surface area (Å²) >= 11 is 0. The highest BCUT2D eigenvalue weighted by molar-refractivity contribution is 7.51. The van der Waals surface area contributed by atoms with Crippen molar-refractivity contribution in [3.8, 4) is 11.9 Å². The highest BCUT2D eigenvalue weighted by Gasteiger charge is 2.13. The minimum absolute atomic E-state index is 0.169. The Balaban J connectivity index is 1.95. The average molecular weight is 302 g/mol. The standard InChI is InChI=1S/C10H15N4O5P/c15-9-8-7(13-10(16)14-9)6(5-12-8)4-11-2-1-3-20(17,18)19/h5,11-12H,1-4H2,(H2,17,18,19)(H2,13,14,15,16). The van der Waals surface area contributed by atoms with Crippen LogP contribution in [0.2, 0.25) is 0 Å². The fraction of sp³-hybridized carbons (Fsp3) is 0.400. The molecule has 0 unspecified atom stereocenters. The minimum atomic E-state index is -3.95. The zero-order valence-corrected chi connectivity index (χ0v) is 11.3. The van der Waals surface area contributed by atoms with Gasteiger partial charge in [0.05, 0.1) is 6.16 Å². The summed E-state index contributed by atoms with van der Waals surface area (Å²) in [5.41, 5.74) is 1.44. The molecule has 0 spiro atoms. The van der Waals surface area contributed by atoms with Crippen molar-refractivity contribution in [3.05, 3.63) is 11.8 Å². The van der Waals surface area contributed by atoms with Gasteiger partial charge in [-0.2, -0.15) is 9.97 Å². The summed E-state index contributed by atoms with van der Waals surface area (Å²) in [7, 11) is -3.95. The molecule has 0 aromatic carbocycles. The molecule has 10 heteroatoms. The minimum Gasteiger partial charge on any atom is -0.492 e. The van der Waals surface area contributed by atoms with Crippen LogP contribution in [0.3, 0.4) is 0 Å². The normalized spacial score (nSPS) is 12.1. The molecular formula is C10H15N4O5P. The van der Waals surface area contributed by atoms with Crippen molar-refractivity contribution in [3.63, 3.8) is 0 Å². The molecule has 0 saturated heterocycles.